The Balaban J connectivity index is 1.76. The molecule has 0 fully saturated rings. The van der Waals surface area contributed by atoms with Gasteiger partial charge in [0.25, 0.3) is 5.91 Å². The molecule has 1 aromatic heterocycles. The molecule has 0 unspecified atom stereocenters. The molecule has 1 amide bonds. The van der Waals surface area contributed by atoms with Crippen molar-refractivity contribution in [3.8, 4) is 5.75 Å². The Morgan fingerprint density at radius 1 is 1.08 bits per heavy atom. The van der Waals surface area contributed by atoms with E-state index >= 15 is 0 Å². The maximum absolute atomic E-state index is 12.4. The summed E-state index contributed by atoms with van der Waals surface area (Å²) in [6.45, 7) is 0. The molecule has 0 bridgehead atoms. The summed E-state index contributed by atoms with van der Waals surface area (Å²) in [6.07, 6.45) is 1.32. The third-order valence-corrected chi connectivity index (χ3v) is 3.69. The highest BCUT2D eigenvalue weighted by Crippen LogP contribution is 2.22. The standard InChI is InChI=1S/C18H15ClN4O2/c1-25-13-6-4-5-12(9-13)22-17-10-16(20-11-21-17)18(24)23-15-8-3-2-7-14(15)19/h2-11H,1H3,(H,23,24)(H,20,21,22). The molecule has 0 aliphatic carbocycles. The lowest BCUT2D eigenvalue weighted by molar-refractivity contribution is 0.102. The number of para-hydroxylation sites is 1. The molecule has 0 saturated heterocycles. The van der Waals surface area contributed by atoms with Gasteiger partial charge in [-0.1, -0.05) is 29.8 Å². The molecule has 3 rings (SSSR count). The highest BCUT2D eigenvalue weighted by Gasteiger charge is 2.11. The van der Waals surface area contributed by atoms with E-state index in [0.717, 1.165) is 11.4 Å². The number of ether oxygens (including phenoxy) is 1. The average Bonchev–Trinajstić information content (AvgIpc) is 2.64. The fourth-order valence-electron chi connectivity index (χ4n) is 2.15. The van der Waals surface area contributed by atoms with Crippen LogP contribution < -0.4 is 15.4 Å². The Morgan fingerprint density at radius 3 is 2.72 bits per heavy atom. The molecule has 7 heteroatoms. The molecule has 2 aromatic carbocycles. The third kappa shape index (κ3) is 4.24. The van der Waals surface area contributed by atoms with Crippen molar-refractivity contribution < 1.29 is 9.53 Å². The van der Waals surface area contributed by atoms with E-state index in [4.69, 9.17) is 16.3 Å². The molecule has 0 radical (unpaired) electrons. The van der Waals surface area contributed by atoms with Gasteiger partial charge in [-0.05, 0) is 24.3 Å². The second-order valence-corrected chi connectivity index (χ2v) is 5.49. The van der Waals surface area contributed by atoms with Crippen LogP contribution >= 0.6 is 11.6 Å². The van der Waals surface area contributed by atoms with Gasteiger partial charge in [-0.25, -0.2) is 9.97 Å². The molecule has 2 N–H and O–H groups in total. The van der Waals surface area contributed by atoms with Gasteiger partial charge in [0.05, 0.1) is 17.8 Å². The summed E-state index contributed by atoms with van der Waals surface area (Å²) in [5, 5.41) is 6.30. The number of anilines is 3. The lowest BCUT2D eigenvalue weighted by Crippen LogP contribution is -2.14. The van der Waals surface area contributed by atoms with Crippen molar-refractivity contribution in [3.63, 3.8) is 0 Å². The van der Waals surface area contributed by atoms with Gasteiger partial charge in [0.1, 0.15) is 23.6 Å². The van der Waals surface area contributed by atoms with Crippen molar-refractivity contribution in [2.45, 2.75) is 0 Å². The summed E-state index contributed by atoms with van der Waals surface area (Å²) >= 11 is 6.05. The van der Waals surface area contributed by atoms with E-state index in [1.807, 2.05) is 24.3 Å². The Morgan fingerprint density at radius 2 is 1.92 bits per heavy atom. The van der Waals surface area contributed by atoms with Crippen molar-refractivity contribution in [1.29, 1.82) is 0 Å². The zero-order valence-corrected chi connectivity index (χ0v) is 14.1. The van der Waals surface area contributed by atoms with Crippen LogP contribution in [-0.4, -0.2) is 23.0 Å². The molecule has 25 heavy (non-hydrogen) atoms. The van der Waals surface area contributed by atoms with E-state index in [9.17, 15) is 4.79 Å². The summed E-state index contributed by atoms with van der Waals surface area (Å²) in [5.41, 5.74) is 1.53. The van der Waals surface area contributed by atoms with Crippen LogP contribution in [0.15, 0.2) is 60.9 Å². The minimum atomic E-state index is -0.371. The first-order valence-corrected chi connectivity index (χ1v) is 7.82. The number of methoxy groups -OCH3 is 1. The van der Waals surface area contributed by atoms with Gasteiger partial charge in [0.2, 0.25) is 0 Å². The smallest absolute Gasteiger partial charge is 0.274 e. The highest BCUT2D eigenvalue weighted by molar-refractivity contribution is 6.33. The van der Waals surface area contributed by atoms with Gasteiger partial charge in [-0.3, -0.25) is 4.79 Å². The summed E-state index contributed by atoms with van der Waals surface area (Å²) in [4.78, 5) is 20.5. The number of nitrogens with zero attached hydrogens (tertiary/aromatic N) is 2. The van der Waals surface area contributed by atoms with Crippen molar-refractivity contribution in [1.82, 2.24) is 9.97 Å². The van der Waals surface area contributed by atoms with Gasteiger partial charge in [0.15, 0.2) is 0 Å². The SMILES string of the molecule is COc1cccc(Nc2cc(C(=O)Nc3ccccc3Cl)ncn2)c1. The number of amides is 1. The number of rotatable bonds is 5. The molecule has 3 aromatic rings. The van der Waals surface area contributed by atoms with Gasteiger partial charge in [0, 0.05) is 17.8 Å². The normalized spacial score (nSPS) is 10.2. The Hall–Kier alpha value is -3.12. The number of aromatic nitrogens is 2. The van der Waals surface area contributed by atoms with Crippen molar-refractivity contribution in [3.05, 3.63) is 71.6 Å². The first-order chi connectivity index (χ1) is 12.2. The number of hydrogen-bond acceptors (Lipinski definition) is 5. The minimum Gasteiger partial charge on any atom is -0.497 e. The molecule has 0 saturated carbocycles. The first-order valence-electron chi connectivity index (χ1n) is 7.45. The summed E-state index contributed by atoms with van der Waals surface area (Å²) < 4.78 is 5.18. The van der Waals surface area contributed by atoms with Crippen LogP contribution in [0.3, 0.4) is 0 Å². The maximum atomic E-state index is 12.4. The van der Waals surface area contributed by atoms with E-state index < -0.39 is 0 Å². The van der Waals surface area contributed by atoms with E-state index in [1.54, 1.807) is 37.4 Å². The summed E-state index contributed by atoms with van der Waals surface area (Å²) in [6, 6.07) is 16.0. The maximum Gasteiger partial charge on any atom is 0.274 e. The second-order valence-electron chi connectivity index (χ2n) is 5.08. The first kappa shape index (κ1) is 16.7. The molecular formula is C18H15ClN4O2. The van der Waals surface area contributed by atoms with Crippen LogP contribution in [0.2, 0.25) is 5.02 Å². The molecular weight excluding hydrogens is 340 g/mol. The molecule has 6 nitrogen and oxygen atoms in total. The lowest BCUT2D eigenvalue weighted by Gasteiger charge is -2.09. The fraction of sp³-hybridized carbons (Fsp3) is 0.0556. The van der Waals surface area contributed by atoms with Crippen LogP contribution in [0, 0.1) is 0 Å². The van der Waals surface area contributed by atoms with E-state index in [0.29, 0.717) is 16.5 Å². The summed E-state index contributed by atoms with van der Waals surface area (Å²) in [5.74, 6) is 0.840. The van der Waals surface area contributed by atoms with Crippen molar-refractivity contribution in [2.24, 2.45) is 0 Å². The molecule has 126 valence electrons. The number of carbonyl (C=O) groups excluding carboxylic acids is 1. The number of carbonyl (C=O) groups is 1. The second kappa shape index (κ2) is 7.63. The number of hydrogen-bond donors (Lipinski definition) is 2. The summed E-state index contributed by atoms with van der Waals surface area (Å²) in [7, 11) is 1.60. The third-order valence-electron chi connectivity index (χ3n) is 3.36. The topological polar surface area (TPSA) is 76.1 Å². The minimum absolute atomic E-state index is 0.223. The largest absolute Gasteiger partial charge is 0.497 e. The molecule has 0 atom stereocenters. The molecule has 0 aliphatic rings. The zero-order chi connectivity index (χ0) is 17.6. The van der Waals surface area contributed by atoms with Gasteiger partial charge < -0.3 is 15.4 Å². The van der Waals surface area contributed by atoms with Gasteiger partial charge in [-0.15, -0.1) is 0 Å². The van der Waals surface area contributed by atoms with Crippen LogP contribution in [0.1, 0.15) is 10.5 Å². The fourth-order valence-corrected chi connectivity index (χ4v) is 2.33. The monoisotopic (exact) mass is 354 g/mol. The van der Waals surface area contributed by atoms with Crippen LogP contribution in [0.5, 0.6) is 5.75 Å². The van der Waals surface area contributed by atoms with Crippen molar-refractivity contribution in [2.75, 3.05) is 17.7 Å². The van der Waals surface area contributed by atoms with E-state index in [1.165, 1.54) is 6.33 Å². The number of nitrogens with one attached hydrogen (secondary N) is 2. The Labute approximate surface area is 149 Å². The Kier molecular flexibility index (Phi) is 5.11. The van der Waals surface area contributed by atoms with Crippen LogP contribution in [0.4, 0.5) is 17.2 Å². The van der Waals surface area contributed by atoms with Crippen LogP contribution in [-0.2, 0) is 0 Å². The number of benzene rings is 2. The molecule has 0 aliphatic heterocycles. The average molecular weight is 355 g/mol. The lowest BCUT2D eigenvalue weighted by atomic mass is 10.3. The van der Waals surface area contributed by atoms with Crippen LogP contribution in [0.25, 0.3) is 0 Å². The quantitative estimate of drug-likeness (QED) is 0.720. The molecule has 0 spiro atoms. The molecule has 1 heterocycles. The van der Waals surface area contributed by atoms with E-state index in [-0.39, 0.29) is 11.6 Å². The predicted octanol–water partition coefficient (Wildman–Crippen LogP) is 4.13. The van der Waals surface area contributed by atoms with Gasteiger partial charge >= 0.3 is 0 Å². The van der Waals surface area contributed by atoms with Crippen molar-refractivity contribution >= 4 is 34.7 Å². The zero-order valence-electron chi connectivity index (χ0n) is 13.4. The predicted molar refractivity (Wildman–Crippen MR) is 97.7 cm³/mol. The Bertz CT molecular complexity index is 902. The highest BCUT2D eigenvalue weighted by atomic mass is 35.5. The van der Waals surface area contributed by atoms with E-state index in [2.05, 4.69) is 20.6 Å². The number of halogens is 1. The van der Waals surface area contributed by atoms with Gasteiger partial charge in [-0.2, -0.15) is 0 Å².